The van der Waals surface area contributed by atoms with Crippen LogP contribution in [0.4, 0.5) is 4.39 Å². The lowest BCUT2D eigenvalue weighted by Gasteiger charge is -2.32. The summed E-state index contributed by atoms with van der Waals surface area (Å²) in [6.07, 6.45) is 6.71. The highest BCUT2D eigenvalue weighted by atomic mass is 19.1. The summed E-state index contributed by atoms with van der Waals surface area (Å²) in [4.78, 5) is 14.2. The number of benzene rings is 1. The van der Waals surface area contributed by atoms with Gasteiger partial charge in [-0.3, -0.25) is 10.2 Å². The highest BCUT2D eigenvalue weighted by Crippen LogP contribution is 2.33. The molecule has 0 bridgehead atoms. The van der Waals surface area contributed by atoms with Crippen LogP contribution < -0.4 is 5.73 Å². The fraction of sp³-hybridized carbons (Fsp3) is 0.474. The number of phenolic OH excluding ortho intramolecular Hbond substituents is 1. The Bertz CT molecular complexity index is 709. The van der Waals surface area contributed by atoms with Gasteiger partial charge in [-0.05, 0) is 49.7 Å². The third kappa shape index (κ3) is 4.38. The molecule has 25 heavy (non-hydrogen) atoms. The van der Waals surface area contributed by atoms with Crippen LogP contribution in [-0.2, 0) is 11.3 Å². The lowest BCUT2D eigenvalue weighted by atomic mass is 9.85. The van der Waals surface area contributed by atoms with E-state index in [2.05, 4.69) is 0 Å². The summed E-state index contributed by atoms with van der Waals surface area (Å²) in [5.41, 5.74) is 6.67. The molecule has 2 fully saturated rings. The van der Waals surface area contributed by atoms with Crippen LogP contribution in [0.25, 0.3) is 0 Å². The maximum Gasteiger partial charge on any atom is 0.272 e. The van der Waals surface area contributed by atoms with Gasteiger partial charge in [0.05, 0.1) is 0 Å². The van der Waals surface area contributed by atoms with Gasteiger partial charge in [0.25, 0.3) is 5.91 Å². The van der Waals surface area contributed by atoms with Crippen molar-refractivity contribution in [3.8, 4) is 5.75 Å². The first kappa shape index (κ1) is 17.5. The number of nitrogens with one attached hydrogen (secondary N) is 1. The van der Waals surface area contributed by atoms with Crippen molar-refractivity contribution in [1.29, 1.82) is 5.41 Å². The molecule has 0 atom stereocenters. The third-order valence-electron chi connectivity index (χ3n) is 4.98. The highest BCUT2D eigenvalue weighted by molar-refractivity contribution is 6.42. The van der Waals surface area contributed by atoms with Crippen LogP contribution in [0.5, 0.6) is 5.75 Å². The van der Waals surface area contributed by atoms with Gasteiger partial charge in [0.1, 0.15) is 17.3 Å². The van der Waals surface area contributed by atoms with Crippen LogP contribution in [0.3, 0.4) is 0 Å². The molecule has 1 aromatic rings. The van der Waals surface area contributed by atoms with Crippen molar-refractivity contribution in [2.24, 2.45) is 17.6 Å². The first-order chi connectivity index (χ1) is 11.9. The molecule has 2 aliphatic rings. The van der Waals surface area contributed by atoms with Crippen LogP contribution in [0.15, 0.2) is 30.0 Å². The minimum atomic E-state index is -0.550. The van der Waals surface area contributed by atoms with Gasteiger partial charge in [-0.15, -0.1) is 0 Å². The standard InChI is InChI=1S/C19H24FN3O2/c20-16-8-15(24)7-6-14(16)11-23(10-12-2-1-3-12)19(25)18(22)9-17(21)13-4-5-13/h6-9,12-13,22,24H,1-5,10-11,21H2. The van der Waals surface area contributed by atoms with Gasteiger partial charge in [-0.1, -0.05) is 12.5 Å². The number of nitrogens with two attached hydrogens (primary N) is 1. The molecule has 0 aliphatic heterocycles. The van der Waals surface area contributed by atoms with E-state index in [-0.39, 0.29) is 18.0 Å². The van der Waals surface area contributed by atoms with Crippen LogP contribution in [0.2, 0.25) is 0 Å². The van der Waals surface area contributed by atoms with E-state index >= 15 is 0 Å². The third-order valence-corrected chi connectivity index (χ3v) is 4.98. The topological polar surface area (TPSA) is 90.4 Å². The van der Waals surface area contributed by atoms with Gasteiger partial charge in [0, 0.05) is 30.4 Å². The minimum absolute atomic E-state index is 0.0843. The molecule has 0 heterocycles. The van der Waals surface area contributed by atoms with Crippen molar-refractivity contribution < 1.29 is 14.3 Å². The van der Waals surface area contributed by atoms with Crippen LogP contribution >= 0.6 is 0 Å². The van der Waals surface area contributed by atoms with Gasteiger partial charge in [-0.25, -0.2) is 4.39 Å². The zero-order valence-electron chi connectivity index (χ0n) is 14.2. The Morgan fingerprint density at radius 2 is 2.08 bits per heavy atom. The average molecular weight is 345 g/mol. The molecule has 0 radical (unpaired) electrons. The molecule has 0 spiro atoms. The summed E-state index contributed by atoms with van der Waals surface area (Å²) in [5, 5.41) is 17.4. The Balaban J connectivity index is 1.74. The molecule has 6 heteroatoms. The summed E-state index contributed by atoms with van der Waals surface area (Å²) in [5.74, 6) is -0.426. The number of carbonyl (C=O) groups excluding carboxylic acids is 1. The van der Waals surface area contributed by atoms with E-state index in [4.69, 9.17) is 11.1 Å². The van der Waals surface area contributed by atoms with E-state index in [1.807, 2.05) is 0 Å². The number of phenols is 1. The molecule has 1 amide bonds. The Kier molecular flexibility index (Phi) is 5.06. The zero-order valence-corrected chi connectivity index (χ0v) is 14.2. The molecule has 134 valence electrons. The van der Waals surface area contributed by atoms with Crippen molar-refractivity contribution >= 4 is 11.6 Å². The van der Waals surface area contributed by atoms with Crippen LogP contribution in [-0.4, -0.2) is 28.2 Å². The fourth-order valence-corrected chi connectivity index (χ4v) is 3.01. The Morgan fingerprint density at radius 3 is 2.64 bits per heavy atom. The van der Waals surface area contributed by atoms with Crippen molar-refractivity contribution in [2.45, 2.75) is 38.6 Å². The molecule has 0 aromatic heterocycles. The molecule has 0 saturated heterocycles. The first-order valence-electron chi connectivity index (χ1n) is 8.76. The summed E-state index contributed by atoms with van der Waals surface area (Å²) in [6.45, 7) is 0.597. The lowest BCUT2D eigenvalue weighted by molar-refractivity contribution is -0.125. The Morgan fingerprint density at radius 1 is 1.36 bits per heavy atom. The molecule has 4 N–H and O–H groups in total. The number of amides is 1. The van der Waals surface area contributed by atoms with Gasteiger partial charge in [-0.2, -0.15) is 0 Å². The van der Waals surface area contributed by atoms with Crippen LogP contribution in [0.1, 0.15) is 37.7 Å². The van der Waals surface area contributed by atoms with Crippen molar-refractivity contribution in [3.05, 3.63) is 41.4 Å². The summed E-state index contributed by atoms with van der Waals surface area (Å²) in [7, 11) is 0. The summed E-state index contributed by atoms with van der Waals surface area (Å²) in [6, 6.07) is 3.92. The van der Waals surface area contributed by atoms with Gasteiger partial charge >= 0.3 is 0 Å². The van der Waals surface area contributed by atoms with Crippen molar-refractivity contribution in [2.75, 3.05) is 6.54 Å². The molecular weight excluding hydrogens is 321 g/mol. The van der Waals surface area contributed by atoms with E-state index in [1.165, 1.54) is 23.1 Å². The largest absolute Gasteiger partial charge is 0.508 e. The molecule has 1 aromatic carbocycles. The number of halogens is 1. The molecule has 2 saturated carbocycles. The zero-order chi connectivity index (χ0) is 18.0. The number of nitrogens with zero attached hydrogens (tertiary/aromatic N) is 1. The van der Waals surface area contributed by atoms with Crippen molar-refractivity contribution in [3.63, 3.8) is 0 Å². The second-order valence-corrected chi connectivity index (χ2v) is 7.09. The van der Waals surface area contributed by atoms with Gasteiger partial charge in [0.2, 0.25) is 0 Å². The highest BCUT2D eigenvalue weighted by Gasteiger charge is 2.28. The number of hydrogen-bond donors (Lipinski definition) is 3. The predicted octanol–water partition coefficient (Wildman–Crippen LogP) is 2.93. The second kappa shape index (κ2) is 7.25. The number of aromatic hydroxyl groups is 1. The fourth-order valence-electron chi connectivity index (χ4n) is 3.01. The quantitative estimate of drug-likeness (QED) is 0.664. The summed E-state index contributed by atoms with van der Waals surface area (Å²) < 4.78 is 14.0. The number of rotatable bonds is 7. The molecule has 0 unspecified atom stereocenters. The monoisotopic (exact) mass is 345 g/mol. The normalized spacial score (nSPS) is 17.9. The SMILES string of the molecule is N=C(C=C(N)C1CC1)C(=O)N(Cc1ccc(O)cc1F)CC1CCC1. The smallest absolute Gasteiger partial charge is 0.272 e. The van der Waals surface area contributed by atoms with Gasteiger partial charge in [0.15, 0.2) is 0 Å². The maximum absolute atomic E-state index is 14.0. The Labute approximate surface area is 146 Å². The molecule has 5 nitrogen and oxygen atoms in total. The Hall–Kier alpha value is -2.37. The van der Waals surface area contributed by atoms with E-state index in [0.717, 1.165) is 38.2 Å². The van der Waals surface area contributed by atoms with E-state index in [9.17, 15) is 14.3 Å². The minimum Gasteiger partial charge on any atom is -0.508 e. The summed E-state index contributed by atoms with van der Waals surface area (Å²) >= 11 is 0. The molecular formula is C19H24FN3O2. The number of hydrogen-bond acceptors (Lipinski definition) is 4. The number of allylic oxidation sites excluding steroid dienone is 1. The van der Waals surface area contributed by atoms with E-state index in [1.54, 1.807) is 0 Å². The van der Waals surface area contributed by atoms with E-state index < -0.39 is 11.7 Å². The number of carbonyl (C=O) groups is 1. The second-order valence-electron chi connectivity index (χ2n) is 7.09. The van der Waals surface area contributed by atoms with Crippen molar-refractivity contribution in [1.82, 2.24) is 4.90 Å². The molecule has 3 rings (SSSR count). The van der Waals surface area contributed by atoms with Gasteiger partial charge < -0.3 is 15.7 Å². The van der Waals surface area contributed by atoms with E-state index in [0.29, 0.717) is 29.6 Å². The maximum atomic E-state index is 14.0. The first-order valence-corrected chi connectivity index (χ1v) is 8.76. The predicted molar refractivity (Wildman–Crippen MR) is 93.5 cm³/mol. The average Bonchev–Trinajstić information content (AvgIpc) is 3.35. The lowest BCUT2D eigenvalue weighted by Crippen LogP contribution is -2.40. The molecule has 2 aliphatic carbocycles. The van der Waals surface area contributed by atoms with Crippen LogP contribution in [0, 0.1) is 23.1 Å².